The van der Waals surface area contributed by atoms with Crippen LogP contribution in [0.15, 0.2) is 48.5 Å². The van der Waals surface area contributed by atoms with Crippen LogP contribution < -0.4 is 0 Å². The van der Waals surface area contributed by atoms with Crippen LogP contribution in [-0.4, -0.2) is 0 Å². The third-order valence-corrected chi connectivity index (χ3v) is 7.94. The molecule has 0 bridgehead atoms. The van der Waals surface area contributed by atoms with Crippen molar-refractivity contribution < 1.29 is 0 Å². The van der Waals surface area contributed by atoms with E-state index < -0.39 is 0 Å². The zero-order valence-electron chi connectivity index (χ0n) is 21.4. The van der Waals surface area contributed by atoms with E-state index in [1.165, 1.54) is 22.3 Å². The van der Waals surface area contributed by atoms with Crippen molar-refractivity contribution in [1.82, 2.24) is 0 Å². The standard InChI is InChI=1S/C30H46/c1-11-29(12-2,25-19-15-23(16-20-25)27(5,6)7)30(13-3,14-4)26-21-17-24(18-22-26)28(8,9)10/h15-22H,11-14H2,1-10H3. The summed E-state index contributed by atoms with van der Waals surface area (Å²) in [6.45, 7) is 23.4. The molecule has 0 aliphatic carbocycles. The van der Waals surface area contributed by atoms with Gasteiger partial charge in [0, 0.05) is 10.8 Å². The van der Waals surface area contributed by atoms with Gasteiger partial charge in [-0.1, -0.05) is 118 Å². The number of hydrogen-bond donors (Lipinski definition) is 0. The maximum absolute atomic E-state index is 2.43. The van der Waals surface area contributed by atoms with Crippen LogP contribution in [0.25, 0.3) is 0 Å². The van der Waals surface area contributed by atoms with Crippen molar-refractivity contribution in [2.75, 3.05) is 0 Å². The summed E-state index contributed by atoms with van der Waals surface area (Å²) in [4.78, 5) is 0. The Morgan fingerprint density at radius 2 is 0.600 bits per heavy atom. The molecule has 0 saturated carbocycles. The second-order valence-electron chi connectivity index (χ2n) is 11.2. The Balaban J connectivity index is 2.67. The summed E-state index contributed by atoms with van der Waals surface area (Å²) in [6.07, 6.45) is 4.62. The fourth-order valence-electron chi connectivity index (χ4n) is 5.80. The molecule has 0 unspecified atom stereocenters. The fourth-order valence-corrected chi connectivity index (χ4v) is 5.80. The van der Waals surface area contributed by atoms with Crippen molar-refractivity contribution in [2.24, 2.45) is 0 Å². The van der Waals surface area contributed by atoms with Gasteiger partial charge >= 0.3 is 0 Å². The van der Waals surface area contributed by atoms with Crippen LogP contribution in [0.5, 0.6) is 0 Å². The number of benzene rings is 2. The first-order valence-corrected chi connectivity index (χ1v) is 12.1. The van der Waals surface area contributed by atoms with E-state index in [4.69, 9.17) is 0 Å². The molecule has 0 aliphatic heterocycles. The molecule has 0 heterocycles. The molecule has 0 amide bonds. The lowest BCUT2D eigenvalue weighted by Crippen LogP contribution is -2.48. The Bertz CT molecular complexity index is 712. The van der Waals surface area contributed by atoms with E-state index in [1.807, 2.05) is 0 Å². The van der Waals surface area contributed by atoms with Gasteiger partial charge in [0.05, 0.1) is 0 Å². The van der Waals surface area contributed by atoms with E-state index in [1.54, 1.807) is 0 Å². The third kappa shape index (κ3) is 4.25. The third-order valence-electron chi connectivity index (χ3n) is 7.94. The Hall–Kier alpha value is -1.56. The monoisotopic (exact) mass is 406 g/mol. The van der Waals surface area contributed by atoms with Gasteiger partial charge in [0.15, 0.2) is 0 Å². The molecule has 0 nitrogen and oxygen atoms in total. The Morgan fingerprint density at radius 1 is 0.400 bits per heavy atom. The predicted octanol–water partition coefficient (Wildman–Crippen LogP) is 9.10. The molecular weight excluding hydrogens is 360 g/mol. The minimum absolute atomic E-state index is 0.135. The van der Waals surface area contributed by atoms with E-state index in [-0.39, 0.29) is 21.7 Å². The van der Waals surface area contributed by atoms with E-state index in [2.05, 4.69) is 118 Å². The maximum Gasteiger partial charge on any atom is 0.00443 e. The van der Waals surface area contributed by atoms with Crippen molar-refractivity contribution in [3.05, 3.63) is 70.8 Å². The van der Waals surface area contributed by atoms with Crippen LogP contribution in [0.3, 0.4) is 0 Å². The van der Waals surface area contributed by atoms with Gasteiger partial charge in [0.25, 0.3) is 0 Å². The molecule has 0 atom stereocenters. The SMILES string of the molecule is CCC(CC)(c1ccc(C(C)(C)C)cc1)C(CC)(CC)c1ccc(C(C)(C)C)cc1. The zero-order valence-corrected chi connectivity index (χ0v) is 21.4. The van der Waals surface area contributed by atoms with Crippen molar-refractivity contribution in [3.63, 3.8) is 0 Å². The highest BCUT2D eigenvalue weighted by molar-refractivity contribution is 5.42. The first-order valence-electron chi connectivity index (χ1n) is 12.1. The number of hydrogen-bond acceptors (Lipinski definition) is 0. The highest BCUT2D eigenvalue weighted by Crippen LogP contribution is 2.53. The van der Waals surface area contributed by atoms with Crippen molar-refractivity contribution >= 4 is 0 Å². The summed E-state index contributed by atoms with van der Waals surface area (Å²) in [7, 11) is 0. The first kappa shape index (κ1) is 24.7. The van der Waals surface area contributed by atoms with Gasteiger partial charge in [-0.2, -0.15) is 0 Å². The molecule has 0 saturated heterocycles. The van der Waals surface area contributed by atoms with E-state index >= 15 is 0 Å². The van der Waals surface area contributed by atoms with Gasteiger partial charge in [-0.15, -0.1) is 0 Å². The van der Waals surface area contributed by atoms with Crippen LogP contribution in [0, 0.1) is 0 Å². The first-order chi connectivity index (χ1) is 13.9. The molecule has 2 aromatic rings. The molecular formula is C30H46. The smallest absolute Gasteiger partial charge is 0.00443 e. The van der Waals surface area contributed by atoms with Crippen LogP contribution >= 0.6 is 0 Å². The highest BCUT2D eigenvalue weighted by atomic mass is 14.5. The molecule has 0 heteroatoms. The minimum Gasteiger partial charge on any atom is -0.0645 e. The van der Waals surface area contributed by atoms with Crippen molar-refractivity contribution in [1.29, 1.82) is 0 Å². The van der Waals surface area contributed by atoms with Gasteiger partial charge in [-0.25, -0.2) is 0 Å². The summed E-state index contributed by atoms with van der Waals surface area (Å²) in [5, 5.41) is 0. The molecule has 166 valence electrons. The van der Waals surface area contributed by atoms with Crippen LogP contribution in [0.4, 0.5) is 0 Å². The van der Waals surface area contributed by atoms with Crippen LogP contribution in [0.2, 0.25) is 0 Å². The van der Waals surface area contributed by atoms with Gasteiger partial charge in [-0.05, 0) is 58.8 Å². The largest absolute Gasteiger partial charge is 0.0645 e. The molecule has 0 fully saturated rings. The molecule has 0 aliphatic rings. The number of rotatable bonds is 7. The second kappa shape index (κ2) is 8.89. The summed E-state index contributed by atoms with van der Waals surface area (Å²) in [6, 6.07) is 19.2. The molecule has 0 N–H and O–H groups in total. The predicted molar refractivity (Wildman–Crippen MR) is 135 cm³/mol. The quantitative estimate of drug-likeness (QED) is 0.430. The average molecular weight is 407 g/mol. The van der Waals surface area contributed by atoms with Crippen LogP contribution in [0.1, 0.15) is 117 Å². The minimum atomic E-state index is 0.135. The van der Waals surface area contributed by atoms with Gasteiger partial charge in [0.1, 0.15) is 0 Å². The van der Waals surface area contributed by atoms with E-state index in [0.29, 0.717) is 0 Å². The highest BCUT2D eigenvalue weighted by Gasteiger charge is 2.48. The molecule has 2 rings (SSSR count). The summed E-state index contributed by atoms with van der Waals surface area (Å²) in [5.41, 5.74) is 6.49. The average Bonchev–Trinajstić information content (AvgIpc) is 2.71. The maximum atomic E-state index is 2.43. The topological polar surface area (TPSA) is 0 Å². The zero-order chi connectivity index (χ0) is 22.8. The summed E-state index contributed by atoms with van der Waals surface area (Å²) >= 11 is 0. The van der Waals surface area contributed by atoms with E-state index in [9.17, 15) is 0 Å². The van der Waals surface area contributed by atoms with Crippen molar-refractivity contribution in [2.45, 2.75) is 117 Å². The lowest BCUT2D eigenvalue weighted by molar-refractivity contribution is 0.176. The molecule has 0 aromatic heterocycles. The van der Waals surface area contributed by atoms with Gasteiger partial charge in [0.2, 0.25) is 0 Å². The molecule has 0 radical (unpaired) electrons. The van der Waals surface area contributed by atoms with Gasteiger partial charge < -0.3 is 0 Å². The lowest BCUT2D eigenvalue weighted by atomic mass is 9.52. The normalized spacial score (nSPS) is 13.5. The fraction of sp³-hybridized carbons (Fsp3) is 0.600. The Kier molecular flexibility index (Phi) is 7.33. The van der Waals surface area contributed by atoms with Gasteiger partial charge in [-0.3, -0.25) is 0 Å². The van der Waals surface area contributed by atoms with Crippen molar-refractivity contribution in [3.8, 4) is 0 Å². The Morgan fingerprint density at radius 3 is 0.767 bits per heavy atom. The molecule has 2 aromatic carbocycles. The van der Waals surface area contributed by atoms with Crippen LogP contribution in [-0.2, 0) is 21.7 Å². The Labute approximate surface area is 187 Å². The summed E-state index contributed by atoms with van der Waals surface area (Å²) in [5.74, 6) is 0. The second-order valence-corrected chi connectivity index (χ2v) is 11.2. The molecule has 30 heavy (non-hydrogen) atoms. The van der Waals surface area contributed by atoms with E-state index in [0.717, 1.165) is 25.7 Å². The summed E-state index contributed by atoms with van der Waals surface area (Å²) < 4.78 is 0. The molecule has 0 spiro atoms. The lowest BCUT2D eigenvalue weighted by Gasteiger charge is -2.51.